The van der Waals surface area contributed by atoms with Gasteiger partial charge in [0.2, 0.25) is 0 Å². The van der Waals surface area contributed by atoms with Gasteiger partial charge in [0.1, 0.15) is 5.82 Å². The van der Waals surface area contributed by atoms with Gasteiger partial charge in [0.25, 0.3) is 0 Å². The second-order valence-electron chi connectivity index (χ2n) is 4.02. The monoisotopic (exact) mass is 239 g/mol. The Balaban J connectivity index is 2.94. The second kappa shape index (κ2) is 6.23. The second-order valence-corrected chi connectivity index (χ2v) is 4.02. The number of hydrogen-bond acceptors (Lipinski definition) is 3. The molecule has 0 spiro atoms. The fourth-order valence-electron chi connectivity index (χ4n) is 1.69. The van der Waals surface area contributed by atoms with E-state index in [2.05, 4.69) is 17.0 Å². The van der Waals surface area contributed by atoms with Crippen molar-refractivity contribution in [1.82, 2.24) is 0 Å². The zero-order valence-corrected chi connectivity index (χ0v) is 10.4. The molecule has 1 aromatic carbocycles. The molecule has 0 radical (unpaired) electrons. The molecule has 0 aliphatic carbocycles. The van der Waals surface area contributed by atoms with Crippen molar-refractivity contribution in [1.29, 1.82) is 0 Å². The van der Waals surface area contributed by atoms with E-state index < -0.39 is 11.8 Å². The van der Waals surface area contributed by atoms with Crippen LogP contribution in [0.15, 0.2) is 18.2 Å². The van der Waals surface area contributed by atoms with Gasteiger partial charge in [-0.05, 0) is 31.5 Å². The van der Waals surface area contributed by atoms with Gasteiger partial charge in [-0.15, -0.1) is 0 Å². The summed E-state index contributed by atoms with van der Waals surface area (Å²) in [6.07, 6.45) is 2.03. The molecular formula is C13H18FNO2. The van der Waals surface area contributed by atoms with E-state index >= 15 is 0 Å². The molecule has 1 rings (SSSR count). The summed E-state index contributed by atoms with van der Waals surface area (Å²) in [6, 6.07) is 4.31. The first kappa shape index (κ1) is 13.5. The first-order valence-corrected chi connectivity index (χ1v) is 5.72. The number of ether oxygens (including phenoxy) is 1. The van der Waals surface area contributed by atoms with E-state index in [1.807, 2.05) is 6.92 Å². The molecular weight excluding hydrogens is 221 g/mol. The van der Waals surface area contributed by atoms with Gasteiger partial charge in [-0.25, -0.2) is 9.18 Å². The highest BCUT2D eigenvalue weighted by Crippen LogP contribution is 2.19. The number of benzene rings is 1. The van der Waals surface area contributed by atoms with Crippen molar-refractivity contribution in [2.24, 2.45) is 0 Å². The normalized spacial score (nSPS) is 12.0. The van der Waals surface area contributed by atoms with Crippen LogP contribution in [0.4, 0.5) is 10.1 Å². The fourth-order valence-corrected chi connectivity index (χ4v) is 1.69. The Morgan fingerprint density at radius 3 is 2.82 bits per heavy atom. The minimum Gasteiger partial charge on any atom is -0.465 e. The highest BCUT2D eigenvalue weighted by Gasteiger charge is 2.14. The van der Waals surface area contributed by atoms with Gasteiger partial charge in [-0.1, -0.05) is 13.3 Å². The third kappa shape index (κ3) is 3.73. The van der Waals surface area contributed by atoms with Crippen LogP contribution >= 0.6 is 0 Å². The zero-order valence-electron chi connectivity index (χ0n) is 10.4. The van der Waals surface area contributed by atoms with Crippen LogP contribution < -0.4 is 5.32 Å². The van der Waals surface area contributed by atoms with Crippen molar-refractivity contribution < 1.29 is 13.9 Å². The lowest BCUT2D eigenvalue weighted by molar-refractivity contribution is 0.0601. The van der Waals surface area contributed by atoms with Crippen LogP contribution in [0.2, 0.25) is 0 Å². The molecule has 3 nitrogen and oxygen atoms in total. The number of methoxy groups -OCH3 is 1. The van der Waals surface area contributed by atoms with Gasteiger partial charge in [-0.3, -0.25) is 0 Å². The van der Waals surface area contributed by atoms with E-state index in [-0.39, 0.29) is 11.6 Å². The molecule has 0 aliphatic rings. The molecule has 0 amide bonds. The van der Waals surface area contributed by atoms with Crippen molar-refractivity contribution in [2.75, 3.05) is 12.4 Å². The van der Waals surface area contributed by atoms with Gasteiger partial charge >= 0.3 is 5.97 Å². The number of carbonyl (C=O) groups excluding carboxylic acids is 1. The predicted octanol–water partition coefficient (Wildman–Crippen LogP) is 3.21. The first-order valence-electron chi connectivity index (χ1n) is 5.72. The topological polar surface area (TPSA) is 38.3 Å². The third-order valence-electron chi connectivity index (χ3n) is 2.51. The van der Waals surface area contributed by atoms with Crippen LogP contribution in [0.1, 0.15) is 37.0 Å². The molecule has 0 saturated carbocycles. The van der Waals surface area contributed by atoms with E-state index in [4.69, 9.17) is 0 Å². The molecule has 0 heterocycles. The first-order chi connectivity index (χ1) is 8.08. The van der Waals surface area contributed by atoms with Crippen LogP contribution in [0, 0.1) is 5.82 Å². The van der Waals surface area contributed by atoms with Gasteiger partial charge in [0.05, 0.1) is 12.7 Å². The van der Waals surface area contributed by atoms with E-state index in [1.165, 1.54) is 19.2 Å². The fraction of sp³-hybridized carbons (Fsp3) is 0.462. The number of esters is 1. The molecule has 0 bridgehead atoms. The summed E-state index contributed by atoms with van der Waals surface area (Å²) < 4.78 is 17.7. The predicted molar refractivity (Wildman–Crippen MR) is 65.7 cm³/mol. The van der Waals surface area contributed by atoms with Crippen LogP contribution in [0.5, 0.6) is 0 Å². The van der Waals surface area contributed by atoms with Crippen LogP contribution in [-0.2, 0) is 4.74 Å². The largest absolute Gasteiger partial charge is 0.465 e. The average molecular weight is 239 g/mol. The Morgan fingerprint density at radius 1 is 1.53 bits per heavy atom. The van der Waals surface area contributed by atoms with Gasteiger partial charge < -0.3 is 10.1 Å². The molecule has 94 valence electrons. The number of hydrogen-bond donors (Lipinski definition) is 1. The van der Waals surface area contributed by atoms with Crippen molar-refractivity contribution in [3.05, 3.63) is 29.6 Å². The van der Waals surface area contributed by atoms with E-state index in [0.717, 1.165) is 12.8 Å². The van der Waals surface area contributed by atoms with Gasteiger partial charge in [0.15, 0.2) is 0 Å². The van der Waals surface area contributed by atoms with Crippen LogP contribution in [0.3, 0.4) is 0 Å². The highest BCUT2D eigenvalue weighted by atomic mass is 19.1. The summed E-state index contributed by atoms with van der Waals surface area (Å²) in [4.78, 5) is 11.5. The Morgan fingerprint density at radius 2 is 2.24 bits per heavy atom. The number of carbonyl (C=O) groups is 1. The molecule has 1 aromatic rings. The Kier molecular flexibility index (Phi) is 4.94. The van der Waals surface area contributed by atoms with Crippen LogP contribution in [0.25, 0.3) is 0 Å². The maximum absolute atomic E-state index is 13.1. The zero-order chi connectivity index (χ0) is 12.8. The maximum Gasteiger partial charge on any atom is 0.340 e. The highest BCUT2D eigenvalue weighted by molar-refractivity contribution is 5.95. The minimum atomic E-state index is -0.532. The molecule has 0 saturated heterocycles. The summed E-state index contributed by atoms with van der Waals surface area (Å²) in [5.41, 5.74) is 0.842. The molecule has 4 heteroatoms. The lowest BCUT2D eigenvalue weighted by atomic mass is 10.1. The average Bonchev–Trinajstić information content (AvgIpc) is 2.30. The standard InChI is InChI=1S/C13H18FNO2/c1-4-5-9(2)15-12-7-6-10(14)8-11(12)13(16)17-3/h6-9,15H,4-5H2,1-3H3. The van der Waals surface area contributed by atoms with E-state index in [0.29, 0.717) is 5.69 Å². The summed E-state index contributed by atoms with van der Waals surface area (Å²) in [6.45, 7) is 4.11. The van der Waals surface area contributed by atoms with Gasteiger partial charge in [0, 0.05) is 11.7 Å². The molecule has 0 aliphatic heterocycles. The molecule has 1 unspecified atom stereocenters. The molecule has 1 N–H and O–H groups in total. The van der Waals surface area contributed by atoms with Crippen LogP contribution in [-0.4, -0.2) is 19.1 Å². The number of nitrogens with one attached hydrogen (secondary N) is 1. The van der Waals surface area contributed by atoms with Crippen molar-refractivity contribution in [3.63, 3.8) is 0 Å². The molecule has 0 aromatic heterocycles. The van der Waals surface area contributed by atoms with Crippen molar-refractivity contribution >= 4 is 11.7 Å². The molecule has 0 fully saturated rings. The lowest BCUT2D eigenvalue weighted by Gasteiger charge is -2.16. The van der Waals surface area contributed by atoms with Gasteiger partial charge in [-0.2, -0.15) is 0 Å². The summed E-state index contributed by atoms with van der Waals surface area (Å²) in [5.74, 6) is -0.977. The molecule has 1 atom stereocenters. The summed E-state index contributed by atoms with van der Waals surface area (Å²) in [7, 11) is 1.28. The van der Waals surface area contributed by atoms with E-state index in [1.54, 1.807) is 6.07 Å². The summed E-state index contributed by atoms with van der Waals surface area (Å²) >= 11 is 0. The van der Waals surface area contributed by atoms with Crippen molar-refractivity contribution in [2.45, 2.75) is 32.7 Å². The summed E-state index contributed by atoms with van der Waals surface area (Å²) in [5, 5.41) is 3.19. The lowest BCUT2D eigenvalue weighted by Crippen LogP contribution is -2.17. The minimum absolute atomic E-state index is 0.230. The van der Waals surface area contributed by atoms with E-state index in [9.17, 15) is 9.18 Å². The Hall–Kier alpha value is -1.58. The third-order valence-corrected chi connectivity index (χ3v) is 2.51. The number of halogens is 1. The Labute approximate surface area is 101 Å². The Bertz CT molecular complexity index is 393. The quantitative estimate of drug-likeness (QED) is 0.802. The maximum atomic E-state index is 13.1. The smallest absolute Gasteiger partial charge is 0.340 e. The number of rotatable bonds is 5. The van der Waals surface area contributed by atoms with Crippen molar-refractivity contribution in [3.8, 4) is 0 Å². The number of anilines is 1. The molecule has 17 heavy (non-hydrogen) atoms. The SMILES string of the molecule is CCCC(C)Nc1ccc(F)cc1C(=O)OC.